The average molecular weight is 218 g/mol. The number of nitrogens with one attached hydrogen (secondary N) is 1. The molecule has 4 nitrogen and oxygen atoms in total. The molecule has 0 aliphatic heterocycles. The third kappa shape index (κ3) is 2.65. The van der Waals surface area contributed by atoms with Gasteiger partial charge in [0.05, 0.1) is 0 Å². The van der Waals surface area contributed by atoms with Crippen molar-refractivity contribution < 1.29 is 4.79 Å². The number of nitrogen functional groups attached to an aromatic ring is 1. The van der Waals surface area contributed by atoms with E-state index in [1.165, 1.54) is 6.20 Å². The zero-order valence-electron chi connectivity index (χ0n) is 5.65. The Morgan fingerprint density at radius 2 is 2.27 bits per heavy atom. The zero-order valence-corrected chi connectivity index (χ0v) is 7.36. The smallest absolute Gasteiger partial charge is 0.283 e. The van der Waals surface area contributed by atoms with E-state index in [1.54, 1.807) is 18.2 Å². The van der Waals surface area contributed by atoms with E-state index in [-0.39, 0.29) is 22.9 Å². The van der Waals surface area contributed by atoms with Gasteiger partial charge in [-0.15, -0.1) is 17.0 Å². The van der Waals surface area contributed by atoms with Crippen LogP contribution in [0.4, 0.5) is 0 Å². The Labute approximate surface area is 74.6 Å². The zero-order chi connectivity index (χ0) is 7.40. The fourth-order valence-electron chi connectivity index (χ4n) is 0.571. The first kappa shape index (κ1) is 10.1. The van der Waals surface area contributed by atoms with Crippen LogP contribution in [-0.2, 0) is 0 Å². The summed E-state index contributed by atoms with van der Waals surface area (Å²) < 4.78 is 0. The van der Waals surface area contributed by atoms with E-state index >= 15 is 0 Å². The number of amides is 1. The Bertz CT molecular complexity index is 227. The number of halogens is 1. The van der Waals surface area contributed by atoms with Gasteiger partial charge in [-0.1, -0.05) is 6.07 Å². The van der Waals surface area contributed by atoms with Crippen LogP contribution in [0.25, 0.3) is 0 Å². The molecule has 1 amide bonds. The monoisotopic (exact) mass is 217 g/mol. The molecule has 0 aliphatic carbocycles. The van der Waals surface area contributed by atoms with Crippen molar-refractivity contribution in [1.29, 1.82) is 0 Å². The van der Waals surface area contributed by atoms with Gasteiger partial charge in [0.25, 0.3) is 5.91 Å². The van der Waals surface area contributed by atoms with E-state index in [1.807, 2.05) is 5.43 Å². The molecule has 0 spiro atoms. The average Bonchev–Trinajstić information content (AvgIpc) is 2.05. The van der Waals surface area contributed by atoms with Crippen molar-refractivity contribution in [3.63, 3.8) is 0 Å². The largest absolute Gasteiger partial charge is 0.289 e. The van der Waals surface area contributed by atoms with Crippen LogP contribution < -0.4 is 11.3 Å². The number of rotatable bonds is 1. The summed E-state index contributed by atoms with van der Waals surface area (Å²) in [7, 11) is 0. The van der Waals surface area contributed by atoms with Crippen molar-refractivity contribution in [3.8, 4) is 0 Å². The van der Waals surface area contributed by atoms with Gasteiger partial charge in [0, 0.05) is 6.20 Å². The molecule has 0 fully saturated rings. The van der Waals surface area contributed by atoms with Crippen molar-refractivity contribution in [3.05, 3.63) is 30.1 Å². The van der Waals surface area contributed by atoms with E-state index in [0.29, 0.717) is 5.69 Å². The van der Waals surface area contributed by atoms with Gasteiger partial charge in [-0.25, -0.2) is 5.84 Å². The summed E-state index contributed by atoms with van der Waals surface area (Å²) in [5.41, 5.74) is 2.30. The lowest BCUT2D eigenvalue weighted by Crippen LogP contribution is -2.30. The minimum absolute atomic E-state index is 0. The lowest BCUT2D eigenvalue weighted by atomic mass is 10.3. The van der Waals surface area contributed by atoms with E-state index in [9.17, 15) is 4.79 Å². The summed E-state index contributed by atoms with van der Waals surface area (Å²) in [6, 6.07) is 5.03. The SMILES string of the molecule is Br.NNC(=O)c1ccccn1. The predicted molar refractivity (Wildman–Crippen MR) is 46.2 cm³/mol. The van der Waals surface area contributed by atoms with Gasteiger partial charge in [-0.05, 0) is 12.1 Å². The molecule has 0 atom stereocenters. The summed E-state index contributed by atoms with van der Waals surface area (Å²) in [5, 5.41) is 0. The third-order valence-electron chi connectivity index (χ3n) is 1.03. The molecule has 1 heterocycles. The van der Waals surface area contributed by atoms with Crippen molar-refractivity contribution >= 4 is 22.9 Å². The number of carbonyl (C=O) groups is 1. The second-order valence-electron chi connectivity index (χ2n) is 1.69. The number of nitrogens with zero attached hydrogens (tertiary/aromatic N) is 1. The molecule has 3 N–H and O–H groups in total. The van der Waals surface area contributed by atoms with E-state index in [0.717, 1.165) is 0 Å². The van der Waals surface area contributed by atoms with Gasteiger partial charge in [0.1, 0.15) is 5.69 Å². The number of carbonyl (C=O) groups excluding carboxylic acids is 1. The maximum Gasteiger partial charge on any atom is 0.283 e. The summed E-state index contributed by atoms with van der Waals surface area (Å²) in [6.45, 7) is 0. The van der Waals surface area contributed by atoms with Crippen LogP contribution >= 0.6 is 17.0 Å². The van der Waals surface area contributed by atoms with Crippen LogP contribution in [0, 0.1) is 0 Å². The molecule has 11 heavy (non-hydrogen) atoms. The molecule has 0 radical (unpaired) electrons. The van der Waals surface area contributed by atoms with Crippen LogP contribution in [0.3, 0.4) is 0 Å². The van der Waals surface area contributed by atoms with Crippen LogP contribution in [0.15, 0.2) is 24.4 Å². The van der Waals surface area contributed by atoms with E-state index in [4.69, 9.17) is 5.84 Å². The Kier molecular flexibility index (Phi) is 4.40. The quantitative estimate of drug-likeness (QED) is 0.403. The summed E-state index contributed by atoms with van der Waals surface area (Å²) in [4.78, 5) is 14.5. The highest BCUT2D eigenvalue weighted by atomic mass is 79.9. The van der Waals surface area contributed by atoms with Gasteiger partial charge in [-0.2, -0.15) is 0 Å². The van der Waals surface area contributed by atoms with Crippen LogP contribution in [0.2, 0.25) is 0 Å². The number of hydrogen-bond acceptors (Lipinski definition) is 3. The number of hydrogen-bond donors (Lipinski definition) is 2. The molecule has 5 heteroatoms. The predicted octanol–water partition coefficient (Wildman–Crippen LogP) is 0.263. The van der Waals surface area contributed by atoms with Crippen LogP contribution in [0.1, 0.15) is 10.5 Å². The number of nitrogens with two attached hydrogens (primary N) is 1. The first-order valence-electron chi connectivity index (χ1n) is 2.76. The number of aromatic nitrogens is 1. The summed E-state index contributed by atoms with van der Waals surface area (Å²) in [5.74, 6) is 4.49. The Morgan fingerprint density at radius 1 is 1.55 bits per heavy atom. The van der Waals surface area contributed by atoms with Gasteiger partial charge in [0.2, 0.25) is 0 Å². The standard InChI is InChI=1S/C6H7N3O.BrH/c7-9-6(10)5-3-1-2-4-8-5;/h1-4H,7H2,(H,9,10);1H. The molecule has 1 rings (SSSR count). The van der Waals surface area contributed by atoms with Gasteiger partial charge < -0.3 is 0 Å². The first-order valence-corrected chi connectivity index (χ1v) is 2.76. The Balaban J connectivity index is 0.000001000. The van der Waals surface area contributed by atoms with Gasteiger partial charge >= 0.3 is 0 Å². The van der Waals surface area contributed by atoms with Crippen molar-refractivity contribution in [1.82, 2.24) is 10.4 Å². The Hall–Kier alpha value is -0.940. The second-order valence-corrected chi connectivity index (χ2v) is 1.69. The maximum atomic E-state index is 10.7. The van der Waals surface area contributed by atoms with E-state index in [2.05, 4.69) is 4.98 Å². The van der Waals surface area contributed by atoms with Crippen molar-refractivity contribution in [2.75, 3.05) is 0 Å². The van der Waals surface area contributed by atoms with Crippen molar-refractivity contribution in [2.45, 2.75) is 0 Å². The molecule has 1 aromatic heterocycles. The van der Waals surface area contributed by atoms with Crippen LogP contribution in [0.5, 0.6) is 0 Å². The Morgan fingerprint density at radius 3 is 2.73 bits per heavy atom. The molecule has 0 aliphatic rings. The minimum Gasteiger partial charge on any atom is -0.289 e. The molecule has 0 aromatic carbocycles. The number of hydrazine groups is 1. The molecule has 1 aromatic rings. The molecular weight excluding hydrogens is 210 g/mol. The topological polar surface area (TPSA) is 68.0 Å². The minimum atomic E-state index is -0.374. The molecule has 0 saturated heterocycles. The molecule has 60 valence electrons. The molecule has 0 bridgehead atoms. The highest BCUT2D eigenvalue weighted by Gasteiger charge is 2.00. The van der Waals surface area contributed by atoms with Crippen molar-refractivity contribution in [2.24, 2.45) is 5.84 Å². The maximum absolute atomic E-state index is 10.7. The molecule has 0 saturated carbocycles. The lowest BCUT2D eigenvalue weighted by molar-refractivity contribution is 0.0948. The first-order chi connectivity index (χ1) is 4.84. The normalized spacial score (nSPS) is 8.09. The van der Waals surface area contributed by atoms with Gasteiger partial charge in [-0.3, -0.25) is 15.2 Å². The van der Waals surface area contributed by atoms with Gasteiger partial charge in [0.15, 0.2) is 0 Å². The highest BCUT2D eigenvalue weighted by molar-refractivity contribution is 8.93. The summed E-state index contributed by atoms with van der Waals surface area (Å²) in [6.07, 6.45) is 1.53. The number of pyridine rings is 1. The second kappa shape index (κ2) is 4.81. The fourth-order valence-corrected chi connectivity index (χ4v) is 0.571. The van der Waals surface area contributed by atoms with E-state index < -0.39 is 0 Å². The molecule has 0 unspecified atom stereocenters. The lowest BCUT2D eigenvalue weighted by Gasteiger charge is -1.94. The highest BCUT2D eigenvalue weighted by Crippen LogP contribution is 1.90. The summed E-state index contributed by atoms with van der Waals surface area (Å²) >= 11 is 0. The van der Waals surface area contributed by atoms with Crippen LogP contribution in [-0.4, -0.2) is 10.9 Å². The third-order valence-corrected chi connectivity index (χ3v) is 1.03. The molecular formula is C6H8BrN3O. The fraction of sp³-hybridized carbons (Fsp3) is 0.